The molecule has 0 fully saturated rings. The molecule has 0 bridgehead atoms. The van der Waals surface area contributed by atoms with Gasteiger partial charge in [-0.1, -0.05) is 6.92 Å². The molecule has 0 aromatic carbocycles. The molecule has 0 heterocycles. The van der Waals surface area contributed by atoms with Crippen molar-refractivity contribution < 1.29 is 14.7 Å². The van der Waals surface area contributed by atoms with Crippen molar-refractivity contribution in [3.05, 3.63) is 0 Å². The van der Waals surface area contributed by atoms with Crippen LogP contribution in [0.3, 0.4) is 0 Å². The highest BCUT2D eigenvalue weighted by atomic mass is 16.4. The summed E-state index contributed by atoms with van der Waals surface area (Å²) in [4.78, 5) is 21.9. The third kappa shape index (κ3) is 5.70. The molecule has 0 aliphatic rings. The molecule has 0 radical (unpaired) electrons. The zero-order valence-electron chi connectivity index (χ0n) is 7.49. The number of amides is 1. The quantitative estimate of drug-likeness (QED) is 0.597. The fourth-order valence-electron chi connectivity index (χ4n) is 0.996. The maximum absolute atomic E-state index is 10.2. The van der Waals surface area contributed by atoms with E-state index in [9.17, 15) is 9.59 Å². The van der Waals surface area contributed by atoms with Gasteiger partial charge in [0.2, 0.25) is 6.41 Å². The van der Waals surface area contributed by atoms with Gasteiger partial charge in [0.25, 0.3) is 0 Å². The normalized spacial score (nSPS) is 12.2. The highest BCUT2D eigenvalue weighted by Gasteiger charge is 2.06. The molecule has 1 N–H and O–H groups in total. The number of carbonyl (C=O) groups is 2. The molecule has 4 heteroatoms. The topological polar surface area (TPSA) is 57.6 Å². The van der Waals surface area contributed by atoms with E-state index in [1.807, 2.05) is 6.92 Å². The van der Waals surface area contributed by atoms with Crippen LogP contribution in [-0.4, -0.2) is 36.0 Å². The van der Waals surface area contributed by atoms with E-state index in [2.05, 4.69) is 0 Å². The van der Waals surface area contributed by atoms with Crippen LogP contribution in [0.15, 0.2) is 0 Å². The first-order chi connectivity index (χ1) is 5.56. The molecule has 0 aromatic heterocycles. The second-order valence-corrected chi connectivity index (χ2v) is 3.08. The molecule has 0 rings (SSSR count). The number of nitrogens with zero attached hydrogens (tertiary/aromatic N) is 1. The van der Waals surface area contributed by atoms with Gasteiger partial charge >= 0.3 is 5.97 Å². The molecule has 70 valence electrons. The first kappa shape index (κ1) is 10.9. The number of hydrogen-bond acceptors (Lipinski definition) is 2. The summed E-state index contributed by atoms with van der Waals surface area (Å²) in [6, 6.07) is 0. The van der Waals surface area contributed by atoms with E-state index >= 15 is 0 Å². The molecule has 12 heavy (non-hydrogen) atoms. The minimum atomic E-state index is -0.782. The lowest BCUT2D eigenvalue weighted by Gasteiger charge is -2.15. The van der Waals surface area contributed by atoms with Gasteiger partial charge in [-0.15, -0.1) is 0 Å². The Morgan fingerprint density at radius 2 is 2.25 bits per heavy atom. The summed E-state index contributed by atoms with van der Waals surface area (Å²) in [6.45, 7) is 2.56. The van der Waals surface area contributed by atoms with Crippen LogP contribution in [0, 0.1) is 5.92 Å². The zero-order chi connectivity index (χ0) is 9.56. The van der Waals surface area contributed by atoms with Crippen molar-refractivity contribution in [2.24, 2.45) is 5.92 Å². The Hall–Kier alpha value is -1.06. The van der Waals surface area contributed by atoms with E-state index in [4.69, 9.17) is 5.11 Å². The number of carboxylic acids is 1. The summed E-state index contributed by atoms with van der Waals surface area (Å²) in [5.74, 6) is -0.535. The Balaban J connectivity index is 3.51. The van der Waals surface area contributed by atoms with Crippen molar-refractivity contribution in [3.63, 3.8) is 0 Å². The van der Waals surface area contributed by atoms with Gasteiger partial charge in [-0.3, -0.25) is 9.59 Å². The van der Waals surface area contributed by atoms with Crippen molar-refractivity contribution in [1.82, 2.24) is 4.90 Å². The average molecular weight is 173 g/mol. The molecule has 0 saturated heterocycles. The predicted molar refractivity (Wildman–Crippen MR) is 44.7 cm³/mol. The molecular formula is C8H15NO3. The van der Waals surface area contributed by atoms with Crippen LogP contribution in [0.4, 0.5) is 0 Å². The summed E-state index contributed by atoms with van der Waals surface area (Å²) in [5.41, 5.74) is 0. The monoisotopic (exact) mass is 173 g/mol. The largest absolute Gasteiger partial charge is 0.481 e. The number of carbonyl (C=O) groups excluding carboxylic acids is 1. The van der Waals surface area contributed by atoms with Crippen LogP contribution >= 0.6 is 0 Å². The van der Waals surface area contributed by atoms with Crippen molar-refractivity contribution in [2.75, 3.05) is 13.6 Å². The predicted octanol–water partition coefficient (Wildman–Crippen LogP) is 0.576. The summed E-state index contributed by atoms with van der Waals surface area (Å²) < 4.78 is 0. The third-order valence-electron chi connectivity index (χ3n) is 1.63. The third-order valence-corrected chi connectivity index (χ3v) is 1.63. The van der Waals surface area contributed by atoms with E-state index < -0.39 is 5.97 Å². The van der Waals surface area contributed by atoms with Crippen molar-refractivity contribution in [1.29, 1.82) is 0 Å². The Kier molecular flexibility index (Phi) is 5.08. The van der Waals surface area contributed by atoms with Gasteiger partial charge in [0.05, 0.1) is 0 Å². The minimum Gasteiger partial charge on any atom is -0.481 e. The molecule has 1 unspecified atom stereocenters. The standard InChI is InChI=1S/C8H15NO3/c1-7(3-4-8(11)12)5-9(2)6-10/h6-7H,3-5H2,1-2H3,(H,11,12). The summed E-state index contributed by atoms with van der Waals surface area (Å²) in [7, 11) is 1.68. The molecule has 1 amide bonds. The van der Waals surface area contributed by atoms with Crippen LogP contribution in [0.1, 0.15) is 19.8 Å². The van der Waals surface area contributed by atoms with Crippen molar-refractivity contribution in [3.8, 4) is 0 Å². The number of carboxylic acid groups (broad SMARTS) is 1. The Bertz CT molecular complexity index is 158. The first-order valence-corrected chi connectivity index (χ1v) is 3.93. The molecule has 0 aliphatic carbocycles. The second-order valence-electron chi connectivity index (χ2n) is 3.08. The molecular weight excluding hydrogens is 158 g/mol. The van der Waals surface area contributed by atoms with Gasteiger partial charge in [0.1, 0.15) is 0 Å². The van der Waals surface area contributed by atoms with E-state index in [-0.39, 0.29) is 12.3 Å². The zero-order valence-corrected chi connectivity index (χ0v) is 7.49. The highest BCUT2D eigenvalue weighted by molar-refractivity contribution is 5.66. The summed E-state index contributed by atoms with van der Waals surface area (Å²) in [6.07, 6.45) is 1.54. The fourth-order valence-corrected chi connectivity index (χ4v) is 0.996. The van der Waals surface area contributed by atoms with Gasteiger partial charge in [0, 0.05) is 20.0 Å². The fraction of sp³-hybridized carbons (Fsp3) is 0.750. The number of hydrogen-bond donors (Lipinski definition) is 1. The highest BCUT2D eigenvalue weighted by Crippen LogP contribution is 2.05. The van der Waals surface area contributed by atoms with Crippen LogP contribution in [0.25, 0.3) is 0 Å². The van der Waals surface area contributed by atoms with Gasteiger partial charge < -0.3 is 10.0 Å². The summed E-state index contributed by atoms with van der Waals surface area (Å²) >= 11 is 0. The lowest BCUT2D eigenvalue weighted by molar-refractivity contribution is -0.137. The Morgan fingerprint density at radius 1 is 1.67 bits per heavy atom. The van der Waals surface area contributed by atoms with Crippen molar-refractivity contribution in [2.45, 2.75) is 19.8 Å². The van der Waals surface area contributed by atoms with E-state index in [1.165, 1.54) is 4.90 Å². The van der Waals surface area contributed by atoms with Crippen LogP contribution in [0.2, 0.25) is 0 Å². The van der Waals surface area contributed by atoms with Gasteiger partial charge in [0.15, 0.2) is 0 Å². The Morgan fingerprint density at radius 3 is 2.67 bits per heavy atom. The maximum atomic E-state index is 10.2. The maximum Gasteiger partial charge on any atom is 0.303 e. The van der Waals surface area contributed by atoms with Gasteiger partial charge in [-0.2, -0.15) is 0 Å². The van der Waals surface area contributed by atoms with Gasteiger partial charge in [-0.05, 0) is 12.3 Å². The molecule has 0 saturated carbocycles. The molecule has 0 aliphatic heterocycles. The lowest BCUT2D eigenvalue weighted by Crippen LogP contribution is -2.23. The van der Waals surface area contributed by atoms with E-state index in [0.29, 0.717) is 13.0 Å². The SMILES string of the molecule is CC(CCC(=O)O)CN(C)C=O. The van der Waals surface area contributed by atoms with Crippen LogP contribution in [-0.2, 0) is 9.59 Å². The molecule has 0 spiro atoms. The number of rotatable bonds is 6. The van der Waals surface area contributed by atoms with Crippen molar-refractivity contribution >= 4 is 12.4 Å². The summed E-state index contributed by atoms with van der Waals surface area (Å²) in [5, 5.41) is 8.37. The van der Waals surface area contributed by atoms with Gasteiger partial charge in [-0.25, -0.2) is 0 Å². The van der Waals surface area contributed by atoms with E-state index in [0.717, 1.165) is 6.41 Å². The second kappa shape index (κ2) is 5.57. The first-order valence-electron chi connectivity index (χ1n) is 3.93. The van der Waals surface area contributed by atoms with E-state index in [1.54, 1.807) is 7.05 Å². The van der Waals surface area contributed by atoms with Crippen LogP contribution < -0.4 is 0 Å². The molecule has 4 nitrogen and oxygen atoms in total. The van der Waals surface area contributed by atoms with Crippen LogP contribution in [0.5, 0.6) is 0 Å². The molecule has 1 atom stereocenters. The number of aliphatic carboxylic acids is 1. The average Bonchev–Trinajstić information content (AvgIpc) is 2.00. The Labute approximate surface area is 72.2 Å². The lowest BCUT2D eigenvalue weighted by atomic mass is 10.1. The molecule has 0 aromatic rings. The smallest absolute Gasteiger partial charge is 0.303 e. The minimum absolute atomic E-state index is 0.174.